The van der Waals surface area contributed by atoms with E-state index in [9.17, 15) is 4.79 Å². The maximum absolute atomic E-state index is 11.4. The molecule has 2 aromatic carbocycles. The molecule has 0 heterocycles. The number of rotatable bonds is 6. The molecule has 0 unspecified atom stereocenters. The summed E-state index contributed by atoms with van der Waals surface area (Å²) in [6, 6.07) is 16.5. The first kappa shape index (κ1) is 16.7. The summed E-state index contributed by atoms with van der Waals surface area (Å²) in [5.74, 6) is 0.0363. The molecule has 0 saturated carbocycles. The van der Waals surface area contributed by atoms with Crippen molar-refractivity contribution in [2.75, 3.05) is 5.32 Å². The minimum atomic E-state index is 0.0363. The van der Waals surface area contributed by atoms with Crippen LogP contribution in [0.1, 0.15) is 37.4 Å². The molecular weight excluding hydrogens is 340 g/mol. The number of carbonyl (C=O) groups is 1. The topological polar surface area (TPSA) is 41.1 Å². The fourth-order valence-electron chi connectivity index (χ4n) is 2.10. The van der Waals surface area contributed by atoms with Gasteiger partial charge in [-0.05, 0) is 42.3 Å². The van der Waals surface area contributed by atoms with Crippen LogP contribution >= 0.6 is 15.9 Å². The highest BCUT2D eigenvalue weighted by Crippen LogP contribution is 2.17. The van der Waals surface area contributed by atoms with Crippen molar-refractivity contribution < 1.29 is 4.79 Å². The molecule has 0 aliphatic heterocycles. The van der Waals surface area contributed by atoms with Crippen molar-refractivity contribution in [3.8, 4) is 0 Å². The maximum atomic E-state index is 11.4. The highest BCUT2D eigenvalue weighted by atomic mass is 79.9. The van der Waals surface area contributed by atoms with E-state index in [1.165, 1.54) is 11.1 Å². The maximum Gasteiger partial charge on any atom is 0.224 e. The zero-order valence-electron chi connectivity index (χ0n) is 12.9. The number of halogens is 1. The first-order chi connectivity index (χ1) is 10.6. The van der Waals surface area contributed by atoms with E-state index in [1.54, 1.807) is 0 Å². The molecule has 0 saturated heterocycles. The van der Waals surface area contributed by atoms with Crippen molar-refractivity contribution >= 4 is 27.5 Å². The van der Waals surface area contributed by atoms with Crippen LogP contribution in [0.15, 0.2) is 53.0 Å². The van der Waals surface area contributed by atoms with Gasteiger partial charge in [-0.25, -0.2) is 0 Å². The quantitative estimate of drug-likeness (QED) is 0.787. The summed E-state index contributed by atoms with van der Waals surface area (Å²) >= 11 is 3.44. The summed E-state index contributed by atoms with van der Waals surface area (Å²) < 4.78 is 1.09. The molecule has 0 fully saturated rings. The van der Waals surface area contributed by atoms with E-state index in [1.807, 2.05) is 43.3 Å². The van der Waals surface area contributed by atoms with Gasteiger partial charge < -0.3 is 10.6 Å². The van der Waals surface area contributed by atoms with Crippen LogP contribution in [-0.4, -0.2) is 5.91 Å². The summed E-state index contributed by atoms with van der Waals surface area (Å²) in [7, 11) is 0. The van der Waals surface area contributed by atoms with Gasteiger partial charge in [0.1, 0.15) is 0 Å². The molecule has 0 bridgehead atoms. The Balaban J connectivity index is 1.90. The third kappa shape index (κ3) is 4.97. The predicted octanol–water partition coefficient (Wildman–Crippen LogP) is 4.65. The standard InChI is InChI=1S/C18H21BrN2O/c1-3-18(22)21-17-10-6-15(7-11-17)13(2)20-12-14-4-8-16(19)9-5-14/h4-11,13,20H,3,12H2,1-2H3,(H,21,22)/t13-/m0/s1. The van der Waals surface area contributed by atoms with Crippen molar-refractivity contribution in [1.29, 1.82) is 0 Å². The Kier molecular flexibility index (Phi) is 6.16. The van der Waals surface area contributed by atoms with Crippen molar-refractivity contribution in [3.63, 3.8) is 0 Å². The van der Waals surface area contributed by atoms with Gasteiger partial charge in [-0.15, -0.1) is 0 Å². The van der Waals surface area contributed by atoms with Crippen LogP contribution in [-0.2, 0) is 11.3 Å². The molecule has 2 aromatic rings. The molecule has 2 rings (SSSR count). The Morgan fingerprint density at radius 1 is 1.09 bits per heavy atom. The van der Waals surface area contributed by atoms with E-state index in [0.717, 1.165) is 16.7 Å². The molecule has 1 atom stereocenters. The SMILES string of the molecule is CCC(=O)Nc1ccc([C@H](C)NCc2ccc(Br)cc2)cc1. The summed E-state index contributed by atoms with van der Waals surface area (Å²) in [4.78, 5) is 11.4. The van der Waals surface area contributed by atoms with Gasteiger partial charge in [0.15, 0.2) is 0 Å². The lowest BCUT2D eigenvalue weighted by atomic mass is 10.1. The van der Waals surface area contributed by atoms with Crippen molar-refractivity contribution in [2.45, 2.75) is 32.9 Å². The van der Waals surface area contributed by atoms with Gasteiger partial charge >= 0.3 is 0 Å². The molecule has 0 aliphatic carbocycles. The monoisotopic (exact) mass is 360 g/mol. The van der Waals surface area contributed by atoms with Crippen molar-refractivity contribution in [2.24, 2.45) is 0 Å². The number of amides is 1. The van der Waals surface area contributed by atoms with Crippen LogP contribution in [0, 0.1) is 0 Å². The van der Waals surface area contributed by atoms with Crippen molar-refractivity contribution in [1.82, 2.24) is 5.32 Å². The van der Waals surface area contributed by atoms with E-state index < -0.39 is 0 Å². The van der Waals surface area contributed by atoms with Crippen LogP contribution in [0.4, 0.5) is 5.69 Å². The van der Waals surface area contributed by atoms with Gasteiger partial charge in [-0.3, -0.25) is 4.79 Å². The second kappa shape index (κ2) is 8.11. The highest BCUT2D eigenvalue weighted by molar-refractivity contribution is 9.10. The highest BCUT2D eigenvalue weighted by Gasteiger charge is 2.06. The summed E-state index contributed by atoms with van der Waals surface area (Å²) in [6.45, 7) is 4.80. The smallest absolute Gasteiger partial charge is 0.224 e. The number of hydrogen-bond acceptors (Lipinski definition) is 2. The van der Waals surface area contributed by atoms with Gasteiger partial charge in [0.2, 0.25) is 5.91 Å². The molecule has 116 valence electrons. The molecule has 0 radical (unpaired) electrons. The zero-order valence-corrected chi connectivity index (χ0v) is 14.5. The summed E-state index contributed by atoms with van der Waals surface area (Å²) in [5, 5.41) is 6.36. The van der Waals surface area contributed by atoms with Gasteiger partial charge in [-0.2, -0.15) is 0 Å². The second-order valence-corrected chi connectivity index (χ2v) is 6.17. The molecule has 0 aromatic heterocycles. The Morgan fingerprint density at radius 2 is 1.73 bits per heavy atom. The van der Waals surface area contributed by atoms with Crippen LogP contribution in [0.25, 0.3) is 0 Å². The molecular formula is C18H21BrN2O. The van der Waals surface area contributed by atoms with Crippen LogP contribution in [0.3, 0.4) is 0 Å². The molecule has 0 spiro atoms. The Bertz CT molecular complexity index is 608. The lowest BCUT2D eigenvalue weighted by molar-refractivity contribution is -0.115. The number of carbonyl (C=O) groups excluding carboxylic acids is 1. The summed E-state index contributed by atoms with van der Waals surface area (Å²) in [6.07, 6.45) is 0.493. The Labute approximate surface area is 140 Å². The number of nitrogens with one attached hydrogen (secondary N) is 2. The molecule has 1 amide bonds. The van der Waals surface area contributed by atoms with Gasteiger partial charge in [-0.1, -0.05) is 47.1 Å². The minimum absolute atomic E-state index is 0.0363. The van der Waals surface area contributed by atoms with Crippen LogP contribution in [0.5, 0.6) is 0 Å². The van der Waals surface area contributed by atoms with E-state index in [4.69, 9.17) is 0 Å². The third-order valence-corrected chi connectivity index (χ3v) is 4.07. The number of hydrogen-bond donors (Lipinski definition) is 2. The molecule has 22 heavy (non-hydrogen) atoms. The van der Waals surface area contributed by atoms with Crippen LogP contribution in [0.2, 0.25) is 0 Å². The lowest BCUT2D eigenvalue weighted by Gasteiger charge is -2.15. The van der Waals surface area contributed by atoms with E-state index in [-0.39, 0.29) is 11.9 Å². The largest absolute Gasteiger partial charge is 0.326 e. The fraction of sp³-hybridized carbons (Fsp3) is 0.278. The summed E-state index contributed by atoms with van der Waals surface area (Å²) in [5.41, 5.74) is 3.30. The van der Waals surface area contributed by atoms with E-state index >= 15 is 0 Å². The van der Waals surface area contributed by atoms with Gasteiger partial charge in [0.05, 0.1) is 0 Å². The molecule has 3 nitrogen and oxygen atoms in total. The molecule has 0 aliphatic rings. The second-order valence-electron chi connectivity index (χ2n) is 5.25. The first-order valence-electron chi connectivity index (χ1n) is 7.46. The third-order valence-electron chi connectivity index (χ3n) is 3.54. The average Bonchev–Trinajstić information content (AvgIpc) is 2.54. The molecule has 4 heteroatoms. The van der Waals surface area contributed by atoms with Crippen molar-refractivity contribution in [3.05, 3.63) is 64.1 Å². The zero-order chi connectivity index (χ0) is 15.9. The van der Waals surface area contributed by atoms with Gasteiger partial charge in [0.25, 0.3) is 0 Å². The fourth-order valence-corrected chi connectivity index (χ4v) is 2.36. The normalized spacial score (nSPS) is 12.0. The Hall–Kier alpha value is -1.65. The van der Waals surface area contributed by atoms with Gasteiger partial charge in [0, 0.05) is 29.2 Å². The van der Waals surface area contributed by atoms with Crippen LogP contribution < -0.4 is 10.6 Å². The first-order valence-corrected chi connectivity index (χ1v) is 8.25. The molecule has 2 N–H and O–H groups in total. The Morgan fingerprint density at radius 3 is 2.32 bits per heavy atom. The predicted molar refractivity (Wildman–Crippen MR) is 94.8 cm³/mol. The average molecular weight is 361 g/mol. The lowest BCUT2D eigenvalue weighted by Crippen LogP contribution is -2.18. The van der Waals surface area contributed by atoms with E-state index in [2.05, 4.69) is 45.6 Å². The minimum Gasteiger partial charge on any atom is -0.326 e. The number of benzene rings is 2. The number of anilines is 1. The van der Waals surface area contributed by atoms with E-state index in [0.29, 0.717) is 6.42 Å².